The summed E-state index contributed by atoms with van der Waals surface area (Å²) in [5, 5.41) is -0.0982. The van der Waals surface area contributed by atoms with Crippen LogP contribution in [0.5, 0.6) is 0 Å². The molecule has 2 fully saturated rings. The van der Waals surface area contributed by atoms with Crippen molar-refractivity contribution in [2.24, 2.45) is 0 Å². The van der Waals surface area contributed by atoms with Crippen molar-refractivity contribution < 1.29 is 37.7 Å². The Balaban J connectivity index is 2.35. The van der Waals surface area contributed by atoms with Gasteiger partial charge in [-0.15, -0.1) is 0 Å². The van der Waals surface area contributed by atoms with E-state index in [1.54, 1.807) is 0 Å². The van der Waals surface area contributed by atoms with E-state index in [0.717, 1.165) is 0 Å². The summed E-state index contributed by atoms with van der Waals surface area (Å²) in [6.07, 6.45) is -2.34. The predicted octanol–water partition coefficient (Wildman–Crippen LogP) is 3.18. The van der Waals surface area contributed by atoms with Crippen LogP contribution in [0.25, 0.3) is 0 Å². The molecule has 0 aliphatic carbocycles. The molecule has 2 rings (SSSR count). The highest BCUT2D eigenvalue weighted by Gasteiger charge is 2.54. The fourth-order valence-corrected chi connectivity index (χ4v) is 4.76. The quantitative estimate of drug-likeness (QED) is 0.335. The van der Waals surface area contributed by atoms with E-state index in [2.05, 4.69) is 38.6 Å². The molecule has 2 aliphatic heterocycles. The number of carbonyl (C=O) groups is 2. The molecule has 0 aromatic rings. The van der Waals surface area contributed by atoms with Crippen molar-refractivity contribution in [3.8, 4) is 0 Å². The standard InChI is InChI=1S/C21H38O8Si/c1-19(2,3)30(9,10)29-14(11-13(22)18(23)24-8)16-17(28-21(6,7)27-16)15-12-25-20(4,5)26-15/h14-17H,11-12H2,1-10H3/t14-,15-,16-,17-/m1/s1. The fraction of sp³-hybridized carbons (Fsp3) is 0.905. The minimum Gasteiger partial charge on any atom is -0.463 e. The monoisotopic (exact) mass is 446 g/mol. The molecule has 2 aliphatic rings. The van der Waals surface area contributed by atoms with Crippen LogP contribution in [0, 0.1) is 0 Å². The van der Waals surface area contributed by atoms with Crippen molar-refractivity contribution in [1.82, 2.24) is 0 Å². The molecule has 2 saturated heterocycles. The molecule has 0 saturated carbocycles. The van der Waals surface area contributed by atoms with Gasteiger partial charge < -0.3 is 28.1 Å². The summed E-state index contributed by atoms with van der Waals surface area (Å²) in [6.45, 7) is 18.2. The Kier molecular flexibility index (Phi) is 7.28. The molecule has 0 N–H and O–H groups in total. The van der Waals surface area contributed by atoms with Crippen molar-refractivity contribution >= 4 is 20.1 Å². The van der Waals surface area contributed by atoms with Gasteiger partial charge in [0.2, 0.25) is 5.78 Å². The summed E-state index contributed by atoms with van der Waals surface area (Å²) >= 11 is 0. The average molecular weight is 447 g/mol. The molecule has 0 bridgehead atoms. The van der Waals surface area contributed by atoms with Crippen molar-refractivity contribution in [2.45, 2.75) is 109 Å². The third-order valence-electron chi connectivity index (χ3n) is 5.98. The highest BCUT2D eigenvalue weighted by atomic mass is 28.4. The van der Waals surface area contributed by atoms with Gasteiger partial charge in [0.05, 0.1) is 19.8 Å². The highest BCUT2D eigenvalue weighted by Crippen LogP contribution is 2.42. The first-order valence-corrected chi connectivity index (χ1v) is 13.4. The van der Waals surface area contributed by atoms with Gasteiger partial charge in [-0.1, -0.05) is 20.8 Å². The number of hydrogen-bond donors (Lipinski definition) is 0. The minimum atomic E-state index is -2.30. The summed E-state index contributed by atoms with van der Waals surface area (Å²) in [7, 11) is -1.11. The lowest BCUT2D eigenvalue weighted by Crippen LogP contribution is -2.52. The van der Waals surface area contributed by atoms with Gasteiger partial charge in [0.1, 0.15) is 18.3 Å². The van der Waals surface area contributed by atoms with Crippen LogP contribution in [0.2, 0.25) is 18.1 Å². The van der Waals surface area contributed by atoms with Gasteiger partial charge in [-0.3, -0.25) is 4.79 Å². The topological polar surface area (TPSA) is 89.5 Å². The van der Waals surface area contributed by atoms with Gasteiger partial charge in [0.15, 0.2) is 19.9 Å². The largest absolute Gasteiger partial charge is 0.463 e. The Labute approximate surface area is 181 Å². The number of esters is 1. The van der Waals surface area contributed by atoms with E-state index < -0.39 is 50.0 Å². The number of carbonyl (C=O) groups excluding carboxylic acids is 2. The van der Waals surface area contributed by atoms with E-state index in [-0.39, 0.29) is 17.6 Å². The summed E-state index contributed by atoms with van der Waals surface area (Å²) in [5.41, 5.74) is 0. The van der Waals surface area contributed by atoms with E-state index in [4.69, 9.17) is 23.4 Å². The Morgan fingerprint density at radius 2 is 1.67 bits per heavy atom. The van der Waals surface area contributed by atoms with E-state index in [9.17, 15) is 9.59 Å². The molecule has 0 aromatic heterocycles. The molecule has 4 atom stereocenters. The van der Waals surface area contributed by atoms with Gasteiger partial charge in [-0.25, -0.2) is 4.79 Å². The highest BCUT2D eigenvalue weighted by molar-refractivity contribution is 6.74. The second-order valence-electron chi connectivity index (χ2n) is 10.5. The number of hydrogen-bond acceptors (Lipinski definition) is 8. The van der Waals surface area contributed by atoms with Crippen LogP contribution in [0.1, 0.15) is 54.9 Å². The molecule has 0 spiro atoms. The lowest BCUT2D eigenvalue weighted by Gasteiger charge is -2.41. The van der Waals surface area contributed by atoms with E-state index in [1.165, 1.54) is 7.11 Å². The van der Waals surface area contributed by atoms with E-state index >= 15 is 0 Å². The summed E-state index contributed by atoms with van der Waals surface area (Å²) in [4.78, 5) is 24.3. The Morgan fingerprint density at radius 3 is 2.13 bits per heavy atom. The molecule has 0 amide bonds. The molecular formula is C21H38O8Si. The van der Waals surface area contributed by atoms with Crippen LogP contribution >= 0.6 is 0 Å². The number of ether oxygens (including phenoxy) is 5. The van der Waals surface area contributed by atoms with Crippen molar-refractivity contribution in [3.05, 3.63) is 0 Å². The first-order chi connectivity index (χ1) is 13.5. The number of ketones is 1. The number of rotatable bonds is 7. The molecular weight excluding hydrogens is 408 g/mol. The maximum absolute atomic E-state index is 12.5. The predicted molar refractivity (Wildman–Crippen MR) is 112 cm³/mol. The lowest BCUT2D eigenvalue weighted by atomic mass is 9.99. The zero-order valence-corrected chi connectivity index (χ0v) is 21.0. The van der Waals surface area contributed by atoms with Crippen LogP contribution in [0.4, 0.5) is 0 Å². The average Bonchev–Trinajstić information content (AvgIpc) is 3.10. The zero-order chi connectivity index (χ0) is 23.1. The third-order valence-corrected chi connectivity index (χ3v) is 10.5. The number of Topliss-reactive ketones (excluding diaryl/α,β-unsaturated/α-hetero) is 1. The smallest absolute Gasteiger partial charge is 0.374 e. The first kappa shape index (κ1) is 25.4. The summed E-state index contributed by atoms with van der Waals surface area (Å²) in [5.74, 6) is -3.18. The van der Waals surface area contributed by atoms with Gasteiger partial charge in [0.25, 0.3) is 0 Å². The molecule has 8 nitrogen and oxygen atoms in total. The molecule has 30 heavy (non-hydrogen) atoms. The van der Waals surface area contributed by atoms with Crippen LogP contribution in [-0.2, 0) is 37.7 Å². The Hall–Kier alpha value is -0.843. The summed E-state index contributed by atoms with van der Waals surface area (Å²) in [6, 6.07) is 0. The molecule has 174 valence electrons. The van der Waals surface area contributed by atoms with E-state index in [0.29, 0.717) is 6.61 Å². The minimum absolute atomic E-state index is 0.0982. The van der Waals surface area contributed by atoms with Crippen LogP contribution < -0.4 is 0 Å². The molecule has 0 unspecified atom stereocenters. The van der Waals surface area contributed by atoms with Crippen molar-refractivity contribution in [2.75, 3.05) is 13.7 Å². The van der Waals surface area contributed by atoms with Crippen molar-refractivity contribution in [3.63, 3.8) is 0 Å². The lowest BCUT2D eigenvalue weighted by molar-refractivity contribution is -0.175. The molecule has 9 heteroatoms. The van der Waals surface area contributed by atoms with Crippen LogP contribution in [-0.4, -0.2) is 69.8 Å². The molecule has 2 heterocycles. The second-order valence-corrected chi connectivity index (χ2v) is 15.2. The normalized spacial score (nSPS) is 29.6. The Morgan fingerprint density at radius 1 is 1.07 bits per heavy atom. The maximum Gasteiger partial charge on any atom is 0.374 e. The van der Waals surface area contributed by atoms with Crippen LogP contribution in [0.15, 0.2) is 0 Å². The van der Waals surface area contributed by atoms with E-state index in [1.807, 2.05) is 27.7 Å². The SMILES string of the molecule is COC(=O)C(=O)C[C@@H](O[Si](C)(C)C(C)(C)C)[C@H]1OC(C)(C)O[C@@H]1[C@H]1COC(C)(C)O1. The number of methoxy groups -OCH3 is 1. The summed E-state index contributed by atoms with van der Waals surface area (Å²) < 4.78 is 35.3. The van der Waals surface area contributed by atoms with Gasteiger partial charge in [-0.05, 0) is 45.8 Å². The molecule has 0 aromatic carbocycles. The fourth-order valence-electron chi connectivity index (χ4n) is 3.43. The van der Waals surface area contributed by atoms with Crippen molar-refractivity contribution in [1.29, 1.82) is 0 Å². The maximum atomic E-state index is 12.5. The molecule has 0 radical (unpaired) electrons. The second kappa shape index (κ2) is 8.59. The first-order valence-electron chi connectivity index (χ1n) is 10.4. The Bertz CT molecular complexity index is 652. The zero-order valence-electron chi connectivity index (χ0n) is 20.0. The van der Waals surface area contributed by atoms with Crippen LogP contribution in [0.3, 0.4) is 0 Å². The van der Waals surface area contributed by atoms with Gasteiger partial charge >= 0.3 is 5.97 Å². The van der Waals surface area contributed by atoms with Gasteiger partial charge in [-0.2, -0.15) is 0 Å². The van der Waals surface area contributed by atoms with Gasteiger partial charge in [0, 0.05) is 6.42 Å². The third kappa shape index (κ3) is 5.89.